The molecule has 0 amide bonds. The highest BCUT2D eigenvalue weighted by Crippen LogP contribution is 2.28. The predicted molar refractivity (Wildman–Crippen MR) is 87.0 cm³/mol. The van der Waals surface area contributed by atoms with Gasteiger partial charge in [-0.25, -0.2) is 9.97 Å². The van der Waals surface area contributed by atoms with E-state index in [-0.39, 0.29) is 5.60 Å². The number of hydrogen-bond acceptors (Lipinski definition) is 5. The Hall–Kier alpha value is -1.36. The molecule has 0 saturated carbocycles. The Morgan fingerprint density at radius 3 is 2.57 bits per heavy atom. The van der Waals surface area contributed by atoms with Crippen molar-refractivity contribution < 1.29 is 4.74 Å². The van der Waals surface area contributed by atoms with Crippen LogP contribution in [0.1, 0.15) is 51.9 Å². The van der Waals surface area contributed by atoms with Gasteiger partial charge in [0.25, 0.3) is 0 Å². The van der Waals surface area contributed by atoms with Crippen LogP contribution in [0.5, 0.6) is 0 Å². The summed E-state index contributed by atoms with van der Waals surface area (Å²) >= 11 is 0. The maximum absolute atomic E-state index is 5.79. The van der Waals surface area contributed by atoms with E-state index in [1.807, 2.05) is 0 Å². The standard InChI is InChI=1S/C16H28N4O/c1-6-13-19-14(17-7-2)11(3)15(20-13)18-12-8-9-21-16(4,5)10-12/h12H,6-10H2,1-5H3,(H2,17,18,19,20). The monoisotopic (exact) mass is 292 g/mol. The van der Waals surface area contributed by atoms with E-state index in [0.717, 1.165) is 55.4 Å². The molecule has 1 atom stereocenters. The Labute approximate surface area is 127 Å². The number of hydrogen-bond donors (Lipinski definition) is 2. The highest BCUT2D eigenvalue weighted by molar-refractivity contribution is 5.57. The number of rotatable bonds is 5. The predicted octanol–water partition coefficient (Wildman–Crippen LogP) is 3.15. The molecule has 5 nitrogen and oxygen atoms in total. The average Bonchev–Trinajstić information content (AvgIpc) is 2.42. The minimum atomic E-state index is -0.0606. The van der Waals surface area contributed by atoms with Gasteiger partial charge in [0.1, 0.15) is 17.5 Å². The first-order valence-corrected chi connectivity index (χ1v) is 7.97. The second-order valence-electron chi connectivity index (χ2n) is 6.29. The molecule has 1 aromatic heterocycles. The summed E-state index contributed by atoms with van der Waals surface area (Å²) in [6.07, 6.45) is 2.85. The molecular formula is C16H28N4O. The topological polar surface area (TPSA) is 59.1 Å². The van der Waals surface area contributed by atoms with E-state index in [0.29, 0.717) is 6.04 Å². The van der Waals surface area contributed by atoms with Crippen LogP contribution in [0.4, 0.5) is 11.6 Å². The van der Waals surface area contributed by atoms with E-state index >= 15 is 0 Å². The third-order valence-corrected chi connectivity index (χ3v) is 3.89. The van der Waals surface area contributed by atoms with Crippen LogP contribution in [0.25, 0.3) is 0 Å². The van der Waals surface area contributed by atoms with E-state index < -0.39 is 0 Å². The molecule has 118 valence electrons. The Bertz CT molecular complexity index is 487. The molecule has 5 heteroatoms. The second-order valence-corrected chi connectivity index (χ2v) is 6.29. The maximum Gasteiger partial charge on any atom is 0.134 e. The molecular weight excluding hydrogens is 264 g/mol. The number of nitrogens with zero attached hydrogens (tertiary/aromatic N) is 2. The van der Waals surface area contributed by atoms with Gasteiger partial charge in [0.15, 0.2) is 0 Å². The van der Waals surface area contributed by atoms with Crippen molar-refractivity contribution in [2.75, 3.05) is 23.8 Å². The van der Waals surface area contributed by atoms with E-state index in [1.54, 1.807) is 0 Å². The Balaban J connectivity index is 2.20. The lowest BCUT2D eigenvalue weighted by Gasteiger charge is -2.36. The van der Waals surface area contributed by atoms with E-state index in [9.17, 15) is 0 Å². The SMILES string of the molecule is CCNc1nc(CC)nc(NC2CCOC(C)(C)C2)c1C. The van der Waals surface area contributed by atoms with Gasteiger partial charge in [-0.2, -0.15) is 0 Å². The molecule has 0 spiro atoms. The Morgan fingerprint density at radius 2 is 1.95 bits per heavy atom. The van der Waals surface area contributed by atoms with Crippen molar-refractivity contribution in [3.8, 4) is 0 Å². The summed E-state index contributed by atoms with van der Waals surface area (Å²) < 4.78 is 5.79. The Morgan fingerprint density at radius 1 is 1.24 bits per heavy atom. The first kappa shape index (κ1) is 16.0. The second kappa shape index (κ2) is 6.60. The smallest absolute Gasteiger partial charge is 0.134 e. The lowest BCUT2D eigenvalue weighted by atomic mass is 9.94. The maximum atomic E-state index is 5.79. The molecule has 1 aromatic rings. The van der Waals surface area contributed by atoms with Gasteiger partial charge in [0.2, 0.25) is 0 Å². The van der Waals surface area contributed by atoms with Gasteiger partial charge >= 0.3 is 0 Å². The zero-order valence-electron chi connectivity index (χ0n) is 13.9. The minimum absolute atomic E-state index is 0.0606. The fourth-order valence-electron chi connectivity index (χ4n) is 2.75. The van der Waals surface area contributed by atoms with Crippen LogP contribution < -0.4 is 10.6 Å². The van der Waals surface area contributed by atoms with Crippen molar-refractivity contribution in [2.45, 2.75) is 65.5 Å². The first-order chi connectivity index (χ1) is 9.95. The third-order valence-electron chi connectivity index (χ3n) is 3.89. The molecule has 21 heavy (non-hydrogen) atoms. The van der Waals surface area contributed by atoms with Gasteiger partial charge in [-0.05, 0) is 40.5 Å². The lowest BCUT2D eigenvalue weighted by Crippen LogP contribution is -2.40. The van der Waals surface area contributed by atoms with Crippen molar-refractivity contribution in [1.29, 1.82) is 0 Å². The van der Waals surface area contributed by atoms with Crippen molar-refractivity contribution in [1.82, 2.24) is 9.97 Å². The number of anilines is 2. The van der Waals surface area contributed by atoms with Gasteiger partial charge in [-0.1, -0.05) is 6.92 Å². The largest absolute Gasteiger partial charge is 0.375 e. The number of nitrogens with one attached hydrogen (secondary N) is 2. The number of ether oxygens (including phenoxy) is 1. The highest BCUT2D eigenvalue weighted by Gasteiger charge is 2.29. The molecule has 0 aliphatic carbocycles. The lowest BCUT2D eigenvalue weighted by molar-refractivity contribution is -0.0553. The molecule has 1 aliphatic heterocycles. The third kappa shape index (κ3) is 4.06. The quantitative estimate of drug-likeness (QED) is 0.873. The summed E-state index contributed by atoms with van der Waals surface area (Å²) in [7, 11) is 0. The summed E-state index contributed by atoms with van der Waals surface area (Å²) in [6.45, 7) is 12.2. The number of aryl methyl sites for hydroxylation is 1. The molecule has 1 unspecified atom stereocenters. The van der Waals surface area contributed by atoms with Crippen molar-refractivity contribution in [2.24, 2.45) is 0 Å². The van der Waals surface area contributed by atoms with Gasteiger partial charge in [0.05, 0.1) is 5.60 Å². The van der Waals surface area contributed by atoms with Gasteiger partial charge in [-0.3, -0.25) is 0 Å². The average molecular weight is 292 g/mol. The molecule has 2 heterocycles. The highest BCUT2D eigenvalue weighted by atomic mass is 16.5. The van der Waals surface area contributed by atoms with Crippen LogP contribution in [-0.4, -0.2) is 34.8 Å². The van der Waals surface area contributed by atoms with Crippen LogP contribution in [0.2, 0.25) is 0 Å². The summed E-state index contributed by atoms with van der Waals surface area (Å²) in [5.74, 6) is 2.78. The molecule has 1 fully saturated rings. The van der Waals surface area contributed by atoms with Crippen molar-refractivity contribution >= 4 is 11.6 Å². The van der Waals surface area contributed by atoms with Gasteiger partial charge < -0.3 is 15.4 Å². The van der Waals surface area contributed by atoms with Gasteiger partial charge in [0, 0.05) is 31.2 Å². The normalized spacial score (nSPS) is 21.1. The molecule has 0 aromatic carbocycles. The zero-order chi connectivity index (χ0) is 15.5. The molecule has 2 rings (SSSR count). The Kier molecular flexibility index (Phi) is 5.04. The van der Waals surface area contributed by atoms with Crippen LogP contribution in [-0.2, 0) is 11.2 Å². The summed E-state index contributed by atoms with van der Waals surface area (Å²) in [5, 5.41) is 6.94. The fraction of sp³-hybridized carbons (Fsp3) is 0.750. The van der Waals surface area contributed by atoms with E-state index in [4.69, 9.17) is 4.74 Å². The molecule has 1 aliphatic rings. The van der Waals surface area contributed by atoms with Gasteiger partial charge in [-0.15, -0.1) is 0 Å². The van der Waals surface area contributed by atoms with Crippen LogP contribution in [0.3, 0.4) is 0 Å². The molecule has 0 radical (unpaired) electrons. The van der Waals surface area contributed by atoms with E-state index in [1.165, 1.54) is 0 Å². The molecule has 0 bridgehead atoms. The summed E-state index contributed by atoms with van der Waals surface area (Å²) in [6, 6.07) is 0.404. The molecule has 1 saturated heterocycles. The van der Waals surface area contributed by atoms with Crippen molar-refractivity contribution in [3.05, 3.63) is 11.4 Å². The first-order valence-electron chi connectivity index (χ1n) is 7.97. The molecule has 2 N–H and O–H groups in total. The van der Waals surface area contributed by atoms with Crippen LogP contribution in [0, 0.1) is 6.92 Å². The zero-order valence-corrected chi connectivity index (χ0v) is 13.9. The van der Waals surface area contributed by atoms with Crippen LogP contribution >= 0.6 is 0 Å². The van der Waals surface area contributed by atoms with Crippen LogP contribution in [0.15, 0.2) is 0 Å². The fourth-order valence-corrected chi connectivity index (χ4v) is 2.75. The van der Waals surface area contributed by atoms with E-state index in [2.05, 4.69) is 55.2 Å². The van der Waals surface area contributed by atoms with Crippen molar-refractivity contribution in [3.63, 3.8) is 0 Å². The minimum Gasteiger partial charge on any atom is -0.375 e. The summed E-state index contributed by atoms with van der Waals surface area (Å²) in [5.41, 5.74) is 1.04. The number of aromatic nitrogens is 2. The summed E-state index contributed by atoms with van der Waals surface area (Å²) in [4.78, 5) is 9.25.